The summed E-state index contributed by atoms with van der Waals surface area (Å²) in [6.07, 6.45) is -2.89. The van der Waals surface area contributed by atoms with Crippen LogP contribution in [0.4, 0.5) is 18.0 Å². The number of fused-ring (bicyclic) bond motifs is 1. The van der Waals surface area contributed by atoms with Crippen LogP contribution in [0.15, 0.2) is 54.7 Å². The molecule has 2 amide bonds. The molecule has 42 heavy (non-hydrogen) atoms. The monoisotopic (exact) mass is 586 g/mol. The van der Waals surface area contributed by atoms with Crippen LogP contribution >= 0.6 is 0 Å². The smallest absolute Gasteiger partial charge is 0.465 e. The highest BCUT2D eigenvalue weighted by Gasteiger charge is 2.33. The van der Waals surface area contributed by atoms with E-state index in [1.807, 2.05) is 74.8 Å². The number of ether oxygens (including phenoxy) is 1. The van der Waals surface area contributed by atoms with E-state index in [-0.39, 0.29) is 17.7 Å². The highest BCUT2D eigenvalue weighted by molar-refractivity contribution is 6.04. The van der Waals surface area contributed by atoms with Crippen molar-refractivity contribution in [1.29, 1.82) is 0 Å². The minimum Gasteiger partial charge on any atom is -0.465 e. The van der Waals surface area contributed by atoms with Crippen molar-refractivity contribution < 1.29 is 32.6 Å². The maximum atomic E-state index is 13.3. The Hall–Kier alpha value is -3.99. The molecule has 3 aromatic rings. The van der Waals surface area contributed by atoms with E-state index in [1.54, 1.807) is 6.07 Å². The number of nitrogens with zero attached hydrogens (tertiary/aromatic N) is 3. The number of rotatable bonds is 9. The van der Waals surface area contributed by atoms with Crippen molar-refractivity contribution in [2.75, 3.05) is 27.2 Å². The fraction of sp³-hybridized carbons (Fsp3) is 0.419. The number of benzene rings is 2. The quantitative estimate of drug-likeness (QED) is 0.294. The van der Waals surface area contributed by atoms with Gasteiger partial charge in [-0.2, -0.15) is 0 Å². The molecule has 0 aliphatic carbocycles. The molecule has 1 aliphatic rings. The molecule has 0 fully saturated rings. The van der Waals surface area contributed by atoms with Crippen molar-refractivity contribution >= 4 is 12.0 Å². The topological polar surface area (TPSA) is 87.0 Å². The van der Waals surface area contributed by atoms with Crippen LogP contribution in [0.2, 0.25) is 0 Å². The van der Waals surface area contributed by atoms with Gasteiger partial charge in [0.2, 0.25) is 0 Å². The lowest BCUT2D eigenvalue weighted by Crippen LogP contribution is -2.45. The molecule has 226 valence electrons. The van der Waals surface area contributed by atoms with Crippen molar-refractivity contribution in [2.45, 2.75) is 58.1 Å². The predicted octanol–water partition coefficient (Wildman–Crippen LogP) is 6.63. The molecule has 0 bridgehead atoms. The standard InChI is InChI=1S/C31H37F3N4O4/c1-30(2,3)38(29(40)41)15-7-9-23-17-35-28(39)27-26(21-13-11-20(12-14-21)18-36(4)5)25(19-37(23)27)22-8-6-10-24(16-22)42-31(32,33)34/h6,8,10-14,16,19,23H,7,9,15,17-18H2,1-5H3,(H,35,39)(H,40,41)/t23-/m0/s1. The fourth-order valence-corrected chi connectivity index (χ4v) is 5.39. The Morgan fingerprint density at radius 1 is 1.10 bits per heavy atom. The van der Waals surface area contributed by atoms with Crippen molar-refractivity contribution in [3.8, 4) is 28.0 Å². The summed E-state index contributed by atoms with van der Waals surface area (Å²) in [5.74, 6) is -0.636. The Labute approximate surface area is 243 Å². The molecule has 0 radical (unpaired) electrons. The third-order valence-corrected chi connectivity index (χ3v) is 7.22. The highest BCUT2D eigenvalue weighted by Crippen LogP contribution is 2.41. The van der Waals surface area contributed by atoms with Gasteiger partial charge in [-0.1, -0.05) is 36.4 Å². The van der Waals surface area contributed by atoms with Crippen LogP contribution in [0.3, 0.4) is 0 Å². The molecular formula is C31H37F3N4O4. The summed E-state index contributed by atoms with van der Waals surface area (Å²) in [6.45, 7) is 6.91. The number of hydrogen-bond donors (Lipinski definition) is 2. The van der Waals surface area contributed by atoms with Gasteiger partial charge in [0.25, 0.3) is 5.91 Å². The van der Waals surface area contributed by atoms with E-state index in [0.29, 0.717) is 48.3 Å². The van der Waals surface area contributed by atoms with Gasteiger partial charge in [-0.3, -0.25) is 4.79 Å². The second-order valence-corrected chi connectivity index (χ2v) is 11.8. The maximum Gasteiger partial charge on any atom is 0.573 e. The van der Waals surface area contributed by atoms with Crippen LogP contribution in [0, 0.1) is 0 Å². The Bertz CT molecular complexity index is 1430. The summed E-state index contributed by atoms with van der Waals surface area (Å²) in [5, 5.41) is 12.6. The molecule has 0 spiro atoms. The largest absolute Gasteiger partial charge is 0.573 e. The van der Waals surface area contributed by atoms with Gasteiger partial charge < -0.3 is 29.5 Å². The number of aromatic nitrogens is 1. The van der Waals surface area contributed by atoms with Crippen LogP contribution in [-0.2, 0) is 6.54 Å². The van der Waals surface area contributed by atoms with Gasteiger partial charge in [0.15, 0.2) is 0 Å². The molecule has 2 N–H and O–H groups in total. The molecule has 8 nitrogen and oxygen atoms in total. The lowest BCUT2D eigenvalue weighted by molar-refractivity contribution is -0.274. The highest BCUT2D eigenvalue weighted by atomic mass is 19.4. The molecule has 11 heteroatoms. The van der Waals surface area contributed by atoms with Crippen LogP contribution in [0.25, 0.3) is 22.3 Å². The number of amides is 2. The predicted molar refractivity (Wildman–Crippen MR) is 154 cm³/mol. The molecule has 4 rings (SSSR count). The number of nitrogens with one attached hydrogen (secondary N) is 1. The van der Waals surface area contributed by atoms with E-state index in [4.69, 9.17) is 0 Å². The molecular weight excluding hydrogens is 549 g/mol. The Balaban J connectivity index is 1.77. The lowest BCUT2D eigenvalue weighted by atomic mass is 9.95. The minimum absolute atomic E-state index is 0.177. The number of carbonyl (C=O) groups excluding carboxylic acids is 1. The first-order valence-corrected chi connectivity index (χ1v) is 13.8. The fourth-order valence-electron chi connectivity index (χ4n) is 5.39. The molecule has 2 heterocycles. The summed E-state index contributed by atoms with van der Waals surface area (Å²) in [4.78, 5) is 28.6. The van der Waals surface area contributed by atoms with Gasteiger partial charge >= 0.3 is 12.5 Å². The summed E-state index contributed by atoms with van der Waals surface area (Å²) in [5.41, 5.74) is 3.36. The number of halogens is 3. The van der Waals surface area contributed by atoms with Gasteiger partial charge in [0.05, 0.1) is 6.04 Å². The number of carboxylic acid groups (broad SMARTS) is 1. The molecule has 2 aromatic carbocycles. The van der Waals surface area contributed by atoms with Gasteiger partial charge in [0.1, 0.15) is 11.4 Å². The maximum absolute atomic E-state index is 13.3. The van der Waals surface area contributed by atoms with E-state index in [0.717, 1.165) is 17.7 Å². The van der Waals surface area contributed by atoms with Gasteiger partial charge in [0, 0.05) is 42.5 Å². The van der Waals surface area contributed by atoms with E-state index in [2.05, 4.69) is 10.1 Å². The average Bonchev–Trinajstić information content (AvgIpc) is 3.28. The average molecular weight is 587 g/mol. The Morgan fingerprint density at radius 2 is 1.79 bits per heavy atom. The van der Waals surface area contributed by atoms with Gasteiger partial charge in [-0.15, -0.1) is 13.2 Å². The van der Waals surface area contributed by atoms with Crippen molar-refractivity contribution in [3.63, 3.8) is 0 Å². The second kappa shape index (κ2) is 12.1. The second-order valence-electron chi connectivity index (χ2n) is 11.8. The Morgan fingerprint density at radius 3 is 2.38 bits per heavy atom. The number of alkyl halides is 3. The van der Waals surface area contributed by atoms with Crippen LogP contribution < -0.4 is 10.1 Å². The first kappa shape index (κ1) is 31.0. The van der Waals surface area contributed by atoms with Crippen LogP contribution in [0.5, 0.6) is 5.75 Å². The molecule has 0 saturated carbocycles. The van der Waals surface area contributed by atoms with Crippen LogP contribution in [-0.4, -0.2) is 70.6 Å². The third-order valence-electron chi connectivity index (χ3n) is 7.22. The number of carbonyl (C=O) groups is 2. The summed E-state index contributed by atoms with van der Waals surface area (Å²) in [7, 11) is 3.93. The van der Waals surface area contributed by atoms with E-state index in [9.17, 15) is 27.9 Å². The van der Waals surface area contributed by atoms with Crippen molar-refractivity contribution in [1.82, 2.24) is 19.7 Å². The van der Waals surface area contributed by atoms with Gasteiger partial charge in [-0.05, 0) is 76.5 Å². The van der Waals surface area contributed by atoms with E-state index in [1.165, 1.54) is 23.1 Å². The molecule has 1 atom stereocenters. The van der Waals surface area contributed by atoms with E-state index >= 15 is 0 Å². The van der Waals surface area contributed by atoms with Crippen molar-refractivity contribution in [3.05, 3.63) is 66.0 Å². The van der Waals surface area contributed by atoms with Gasteiger partial charge in [-0.25, -0.2) is 4.79 Å². The first-order valence-electron chi connectivity index (χ1n) is 13.8. The third kappa shape index (κ3) is 7.25. The SMILES string of the molecule is CN(C)Cc1ccc(-c2c(-c3cccc(OC(F)(F)F)c3)cn3c2C(=O)NC[C@@H]3CCCN(C(=O)O)C(C)(C)C)cc1. The molecule has 1 aromatic heterocycles. The molecule has 1 aliphatic heterocycles. The Kier molecular flexibility index (Phi) is 8.91. The van der Waals surface area contributed by atoms with E-state index < -0.39 is 18.0 Å². The normalized spacial score (nSPS) is 15.4. The zero-order valence-corrected chi connectivity index (χ0v) is 24.5. The molecule has 0 saturated heterocycles. The minimum atomic E-state index is -4.84. The zero-order chi connectivity index (χ0) is 30.8. The number of hydrogen-bond acceptors (Lipinski definition) is 4. The lowest BCUT2D eigenvalue weighted by Gasteiger charge is -2.34. The zero-order valence-electron chi connectivity index (χ0n) is 24.5. The van der Waals surface area contributed by atoms with Crippen molar-refractivity contribution in [2.24, 2.45) is 0 Å². The molecule has 0 unspecified atom stereocenters. The summed E-state index contributed by atoms with van der Waals surface area (Å²) in [6, 6.07) is 13.3. The summed E-state index contributed by atoms with van der Waals surface area (Å²) >= 11 is 0. The van der Waals surface area contributed by atoms with Crippen LogP contribution in [0.1, 0.15) is 55.7 Å². The first-order chi connectivity index (χ1) is 19.6. The summed E-state index contributed by atoms with van der Waals surface area (Å²) < 4.78 is 45.1.